The Balaban J connectivity index is 2.24. The van der Waals surface area contributed by atoms with Crippen LogP contribution in [0.3, 0.4) is 0 Å². The zero-order valence-electron chi connectivity index (χ0n) is 10.8. The Morgan fingerprint density at radius 1 is 1.26 bits per heavy atom. The fraction of sp³-hybridized carbons (Fsp3) is 0.538. The SMILES string of the molecule is COc1c(CN2CCNCC2)cccc1C(F)(F)F. The van der Waals surface area contributed by atoms with Crippen molar-refractivity contribution >= 4 is 0 Å². The van der Waals surface area contributed by atoms with Crippen LogP contribution in [0.15, 0.2) is 18.2 Å². The minimum absolute atomic E-state index is 0.0615. The minimum atomic E-state index is -4.38. The average Bonchev–Trinajstić information content (AvgIpc) is 2.38. The quantitative estimate of drug-likeness (QED) is 0.913. The lowest BCUT2D eigenvalue weighted by Gasteiger charge is -2.28. The summed E-state index contributed by atoms with van der Waals surface area (Å²) < 4.78 is 43.7. The molecule has 1 N–H and O–H groups in total. The first-order valence-corrected chi connectivity index (χ1v) is 6.18. The highest BCUT2D eigenvalue weighted by Gasteiger charge is 2.35. The number of methoxy groups -OCH3 is 1. The molecule has 0 atom stereocenters. The van der Waals surface area contributed by atoms with Gasteiger partial charge in [0.25, 0.3) is 0 Å². The topological polar surface area (TPSA) is 24.5 Å². The number of benzene rings is 1. The van der Waals surface area contributed by atoms with E-state index in [2.05, 4.69) is 10.2 Å². The fourth-order valence-electron chi connectivity index (χ4n) is 2.28. The van der Waals surface area contributed by atoms with Crippen molar-refractivity contribution in [3.8, 4) is 5.75 Å². The van der Waals surface area contributed by atoms with Crippen LogP contribution in [0.2, 0.25) is 0 Å². The first-order valence-electron chi connectivity index (χ1n) is 6.18. The van der Waals surface area contributed by atoms with E-state index in [0.29, 0.717) is 12.1 Å². The Labute approximate surface area is 110 Å². The zero-order valence-corrected chi connectivity index (χ0v) is 10.8. The number of hydrogen-bond donors (Lipinski definition) is 1. The van der Waals surface area contributed by atoms with Gasteiger partial charge < -0.3 is 10.1 Å². The van der Waals surface area contributed by atoms with Crippen LogP contribution in [0.25, 0.3) is 0 Å². The first-order chi connectivity index (χ1) is 9.02. The molecule has 0 aromatic heterocycles. The molecular weight excluding hydrogens is 257 g/mol. The summed E-state index contributed by atoms with van der Waals surface area (Å²) in [6, 6.07) is 4.18. The van der Waals surface area contributed by atoms with Gasteiger partial charge >= 0.3 is 6.18 Å². The number of ether oxygens (including phenoxy) is 1. The normalized spacial score (nSPS) is 17.5. The Hall–Kier alpha value is -1.27. The molecule has 0 unspecified atom stereocenters. The molecule has 1 saturated heterocycles. The maximum absolute atomic E-state index is 12.9. The van der Waals surface area contributed by atoms with E-state index in [4.69, 9.17) is 4.74 Å². The van der Waals surface area contributed by atoms with Gasteiger partial charge in [-0.3, -0.25) is 4.90 Å². The van der Waals surface area contributed by atoms with Gasteiger partial charge in [0.1, 0.15) is 5.75 Å². The predicted octanol–water partition coefficient (Wildman–Crippen LogP) is 2.12. The largest absolute Gasteiger partial charge is 0.496 e. The minimum Gasteiger partial charge on any atom is -0.496 e. The maximum Gasteiger partial charge on any atom is 0.419 e. The molecule has 3 nitrogen and oxygen atoms in total. The monoisotopic (exact) mass is 274 g/mol. The lowest BCUT2D eigenvalue weighted by Crippen LogP contribution is -2.42. The Morgan fingerprint density at radius 3 is 2.53 bits per heavy atom. The number of hydrogen-bond acceptors (Lipinski definition) is 3. The van der Waals surface area contributed by atoms with Gasteiger partial charge in [-0.1, -0.05) is 12.1 Å². The van der Waals surface area contributed by atoms with Crippen LogP contribution >= 0.6 is 0 Å². The Kier molecular flexibility index (Phi) is 4.31. The molecule has 106 valence electrons. The van der Waals surface area contributed by atoms with E-state index in [-0.39, 0.29) is 5.75 Å². The summed E-state index contributed by atoms with van der Waals surface area (Å²) in [4.78, 5) is 2.12. The molecule has 0 amide bonds. The Bertz CT molecular complexity index is 428. The molecule has 19 heavy (non-hydrogen) atoms. The second kappa shape index (κ2) is 5.79. The molecule has 0 aliphatic carbocycles. The lowest BCUT2D eigenvalue weighted by molar-refractivity contribution is -0.138. The van der Waals surface area contributed by atoms with Crippen molar-refractivity contribution in [1.29, 1.82) is 0 Å². The van der Waals surface area contributed by atoms with Gasteiger partial charge in [0.05, 0.1) is 12.7 Å². The predicted molar refractivity (Wildman–Crippen MR) is 66.1 cm³/mol. The summed E-state index contributed by atoms with van der Waals surface area (Å²) >= 11 is 0. The molecule has 2 rings (SSSR count). The second-order valence-corrected chi connectivity index (χ2v) is 4.52. The summed E-state index contributed by atoms with van der Waals surface area (Å²) in [5.41, 5.74) is -0.123. The molecule has 0 spiro atoms. The van der Waals surface area contributed by atoms with Crippen molar-refractivity contribution < 1.29 is 17.9 Å². The highest BCUT2D eigenvalue weighted by Crippen LogP contribution is 2.38. The maximum atomic E-state index is 12.9. The van der Waals surface area contributed by atoms with Crippen molar-refractivity contribution in [3.05, 3.63) is 29.3 Å². The van der Waals surface area contributed by atoms with Crippen LogP contribution in [0.5, 0.6) is 5.75 Å². The summed E-state index contributed by atoms with van der Waals surface area (Å²) in [6.07, 6.45) is -4.38. The first kappa shape index (κ1) is 14.1. The van der Waals surface area contributed by atoms with Crippen LogP contribution in [-0.4, -0.2) is 38.2 Å². The second-order valence-electron chi connectivity index (χ2n) is 4.52. The van der Waals surface area contributed by atoms with Crippen LogP contribution in [0.1, 0.15) is 11.1 Å². The third-order valence-electron chi connectivity index (χ3n) is 3.21. The lowest BCUT2D eigenvalue weighted by atomic mass is 10.1. The van der Waals surface area contributed by atoms with E-state index in [1.807, 2.05) is 0 Å². The van der Waals surface area contributed by atoms with E-state index < -0.39 is 11.7 Å². The smallest absolute Gasteiger partial charge is 0.419 e. The average molecular weight is 274 g/mol. The third kappa shape index (κ3) is 3.39. The summed E-state index contributed by atoms with van der Waals surface area (Å²) in [5.74, 6) is -0.0615. The van der Waals surface area contributed by atoms with Gasteiger partial charge in [0.15, 0.2) is 0 Å². The van der Waals surface area contributed by atoms with Crippen LogP contribution in [0.4, 0.5) is 13.2 Å². The number of piperazine rings is 1. The molecule has 6 heteroatoms. The standard InChI is InChI=1S/C13H17F3N2O/c1-19-12-10(9-18-7-5-17-6-8-18)3-2-4-11(12)13(14,15)16/h2-4,17H,5-9H2,1H3. The third-order valence-corrected chi connectivity index (χ3v) is 3.21. The molecule has 1 heterocycles. The van der Waals surface area contributed by atoms with E-state index in [1.165, 1.54) is 13.2 Å². The Morgan fingerprint density at radius 2 is 1.95 bits per heavy atom. The molecule has 0 saturated carbocycles. The highest BCUT2D eigenvalue weighted by molar-refractivity contribution is 5.43. The molecule has 1 aliphatic heterocycles. The van der Waals surface area contributed by atoms with Gasteiger partial charge in [-0.15, -0.1) is 0 Å². The van der Waals surface area contributed by atoms with Gasteiger partial charge in [0.2, 0.25) is 0 Å². The van der Waals surface area contributed by atoms with E-state index >= 15 is 0 Å². The van der Waals surface area contributed by atoms with Crippen LogP contribution in [-0.2, 0) is 12.7 Å². The summed E-state index contributed by atoms with van der Waals surface area (Å²) in [6.45, 7) is 3.87. The van der Waals surface area contributed by atoms with Gasteiger partial charge in [-0.2, -0.15) is 13.2 Å². The number of alkyl halides is 3. The molecule has 0 bridgehead atoms. The van der Waals surface area contributed by atoms with Gasteiger partial charge in [-0.25, -0.2) is 0 Å². The van der Waals surface area contributed by atoms with Crippen molar-refractivity contribution in [3.63, 3.8) is 0 Å². The summed E-state index contributed by atoms with van der Waals surface area (Å²) in [5, 5.41) is 3.21. The number of nitrogens with zero attached hydrogens (tertiary/aromatic N) is 1. The number of nitrogens with one attached hydrogen (secondary N) is 1. The van der Waals surface area contributed by atoms with Crippen molar-refractivity contribution in [1.82, 2.24) is 10.2 Å². The number of rotatable bonds is 3. The number of para-hydroxylation sites is 1. The van der Waals surface area contributed by atoms with Crippen LogP contribution in [0, 0.1) is 0 Å². The van der Waals surface area contributed by atoms with Gasteiger partial charge in [0, 0.05) is 38.3 Å². The number of halogens is 3. The zero-order chi connectivity index (χ0) is 13.9. The molecule has 0 radical (unpaired) electrons. The molecule has 1 aromatic carbocycles. The van der Waals surface area contributed by atoms with E-state index in [9.17, 15) is 13.2 Å². The highest BCUT2D eigenvalue weighted by atomic mass is 19.4. The van der Waals surface area contributed by atoms with E-state index in [0.717, 1.165) is 32.2 Å². The molecule has 1 aliphatic rings. The molecule has 1 fully saturated rings. The van der Waals surface area contributed by atoms with Crippen molar-refractivity contribution in [2.24, 2.45) is 0 Å². The molecule has 1 aromatic rings. The van der Waals surface area contributed by atoms with Crippen molar-refractivity contribution in [2.45, 2.75) is 12.7 Å². The molecular formula is C13H17F3N2O. The summed E-state index contributed by atoms with van der Waals surface area (Å²) in [7, 11) is 1.28. The van der Waals surface area contributed by atoms with E-state index in [1.54, 1.807) is 6.07 Å². The van der Waals surface area contributed by atoms with Gasteiger partial charge in [-0.05, 0) is 6.07 Å². The van der Waals surface area contributed by atoms with Crippen molar-refractivity contribution in [2.75, 3.05) is 33.3 Å². The fourth-order valence-corrected chi connectivity index (χ4v) is 2.28. The van der Waals surface area contributed by atoms with Crippen LogP contribution < -0.4 is 10.1 Å².